The summed E-state index contributed by atoms with van der Waals surface area (Å²) in [6.45, 7) is 0. The number of rotatable bonds is 1. The SMILES string of the molecule is CSc1nc2c(Br)cncc2c(=O)[nH]1. The molecule has 2 heterocycles. The molecule has 2 aromatic heterocycles. The van der Waals surface area contributed by atoms with Gasteiger partial charge in [-0.15, -0.1) is 0 Å². The van der Waals surface area contributed by atoms with E-state index < -0.39 is 0 Å². The van der Waals surface area contributed by atoms with Crippen molar-refractivity contribution in [2.75, 3.05) is 6.26 Å². The van der Waals surface area contributed by atoms with Gasteiger partial charge in [-0.3, -0.25) is 9.78 Å². The molecule has 0 atom stereocenters. The molecule has 0 saturated heterocycles. The molecule has 0 aliphatic heterocycles. The predicted octanol–water partition coefficient (Wildman–Crippen LogP) is 1.80. The quantitative estimate of drug-likeness (QED) is 0.635. The van der Waals surface area contributed by atoms with E-state index in [9.17, 15) is 4.79 Å². The number of hydrogen-bond acceptors (Lipinski definition) is 4. The van der Waals surface area contributed by atoms with E-state index in [0.29, 0.717) is 16.1 Å². The second-order valence-electron chi connectivity index (χ2n) is 2.59. The summed E-state index contributed by atoms with van der Waals surface area (Å²) >= 11 is 4.71. The highest BCUT2D eigenvalue weighted by Gasteiger charge is 2.05. The Labute approximate surface area is 92.3 Å². The number of halogens is 1. The molecule has 0 radical (unpaired) electrons. The van der Waals surface area contributed by atoms with Crippen molar-refractivity contribution in [3.63, 3.8) is 0 Å². The smallest absolute Gasteiger partial charge is 0.261 e. The second-order valence-corrected chi connectivity index (χ2v) is 4.24. The van der Waals surface area contributed by atoms with Crippen LogP contribution in [0.15, 0.2) is 26.8 Å². The summed E-state index contributed by atoms with van der Waals surface area (Å²) in [7, 11) is 0. The summed E-state index contributed by atoms with van der Waals surface area (Å²) in [6, 6.07) is 0. The number of nitrogens with zero attached hydrogens (tertiary/aromatic N) is 2. The van der Waals surface area contributed by atoms with E-state index in [-0.39, 0.29) is 5.56 Å². The normalized spacial score (nSPS) is 10.7. The maximum absolute atomic E-state index is 11.5. The van der Waals surface area contributed by atoms with Gasteiger partial charge in [0, 0.05) is 12.4 Å². The minimum atomic E-state index is -0.159. The van der Waals surface area contributed by atoms with Crippen molar-refractivity contribution in [3.8, 4) is 0 Å². The van der Waals surface area contributed by atoms with Crippen LogP contribution in [0.1, 0.15) is 0 Å². The Bertz CT molecular complexity index is 540. The van der Waals surface area contributed by atoms with Gasteiger partial charge in [-0.1, -0.05) is 11.8 Å². The van der Waals surface area contributed by atoms with Gasteiger partial charge in [-0.2, -0.15) is 0 Å². The van der Waals surface area contributed by atoms with E-state index in [1.807, 2.05) is 6.26 Å². The van der Waals surface area contributed by atoms with Gasteiger partial charge in [0.05, 0.1) is 15.4 Å². The van der Waals surface area contributed by atoms with Crippen LogP contribution in [-0.4, -0.2) is 21.2 Å². The van der Waals surface area contributed by atoms with Crippen LogP contribution in [0.2, 0.25) is 0 Å². The molecule has 0 fully saturated rings. The molecule has 6 heteroatoms. The highest BCUT2D eigenvalue weighted by Crippen LogP contribution is 2.19. The second kappa shape index (κ2) is 3.70. The number of hydrogen-bond donors (Lipinski definition) is 1. The number of aromatic nitrogens is 3. The van der Waals surface area contributed by atoms with Crippen molar-refractivity contribution < 1.29 is 0 Å². The van der Waals surface area contributed by atoms with Crippen molar-refractivity contribution in [1.29, 1.82) is 0 Å². The van der Waals surface area contributed by atoms with Gasteiger partial charge in [0.1, 0.15) is 0 Å². The lowest BCUT2D eigenvalue weighted by Gasteiger charge is -2.00. The van der Waals surface area contributed by atoms with Crippen LogP contribution in [0.4, 0.5) is 0 Å². The number of nitrogens with one attached hydrogen (secondary N) is 1. The molecule has 4 nitrogen and oxygen atoms in total. The molecule has 0 unspecified atom stereocenters. The summed E-state index contributed by atoms with van der Waals surface area (Å²) < 4.78 is 0.733. The van der Waals surface area contributed by atoms with Crippen molar-refractivity contribution in [3.05, 3.63) is 27.2 Å². The van der Waals surface area contributed by atoms with Gasteiger partial charge in [0.2, 0.25) is 0 Å². The monoisotopic (exact) mass is 271 g/mol. The molecule has 0 saturated carbocycles. The first-order chi connectivity index (χ1) is 6.72. The summed E-state index contributed by atoms with van der Waals surface area (Å²) in [5.41, 5.74) is 0.487. The lowest BCUT2D eigenvalue weighted by atomic mass is 10.3. The van der Waals surface area contributed by atoms with Gasteiger partial charge in [0.25, 0.3) is 5.56 Å². The summed E-state index contributed by atoms with van der Waals surface area (Å²) in [5.74, 6) is 0. The first-order valence-electron chi connectivity index (χ1n) is 3.80. The van der Waals surface area contributed by atoms with E-state index in [0.717, 1.165) is 4.47 Å². The predicted molar refractivity (Wildman–Crippen MR) is 59.6 cm³/mol. The standard InChI is InChI=1S/C8H6BrN3OS/c1-14-8-11-6-4(7(13)12-8)2-10-3-5(6)9/h2-3H,1H3,(H,11,12,13). The lowest BCUT2D eigenvalue weighted by Crippen LogP contribution is -2.09. The first-order valence-corrected chi connectivity index (χ1v) is 5.81. The fourth-order valence-corrected chi connectivity index (χ4v) is 1.90. The zero-order chi connectivity index (χ0) is 10.1. The lowest BCUT2D eigenvalue weighted by molar-refractivity contribution is 0.973. The molecule has 0 spiro atoms. The molecule has 0 amide bonds. The van der Waals surface area contributed by atoms with E-state index >= 15 is 0 Å². The number of fused-ring (bicyclic) bond motifs is 1. The van der Waals surface area contributed by atoms with Gasteiger partial charge >= 0.3 is 0 Å². The molecule has 2 aromatic rings. The Balaban J connectivity index is 2.91. The zero-order valence-corrected chi connectivity index (χ0v) is 9.65. The first kappa shape index (κ1) is 9.67. The molecule has 0 aromatic carbocycles. The molecule has 0 bridgehead atoms. The number of aromatic amines is 1. The topological polar surface area (TPSA) is 58.6 Å². The number of pyridine rings is 1. The maximum atomic E-state index is 11.5. The Morgan fingerprint density at radius 2 is 2.29 bits per heavy atom. The third-order valence-electron chi connectivity index (χ3n) is 1.74. The van der Waals surface area contributed by atoms with Crippen molar-refractivity contribution in [2.45, 2.75) is 5.16 Å². The van der Waals surface area contributed by atoms with Crippen molar-refractivity contribution >= 4 is 38.6 Å². The van der Waals surface area contributed by atoms with E-state index in [4.69, 9.17) is 0 Å². The summed E-state index contributed by atoms with van der Waals surface area (Å²) in [4.78, 5) is 22.4. The van der Waals surface area contributed by atoms with E-state index in [1.54, 1.807) is 6.20 Å². The number of H-pyrrole nitrogens is 1. The van der Waals surface area contributed by atoms with Gasteiger partial charge < -0.3 is 4.98 Å². The van der Waals surface area contributed by atoms with Crippen LogP contribution in [0.25, 0.3) is 10.9 Å². The van der Waals surface area contributed by atoms with E-state index in [2.05, 4.69) is 30.9 Å². The van der Waals surface area contributed by atoms with Crippen LogP contribution in [-0.2, 0) is 0 Å². The fraction of sp³-hybridized carbons (Fsp3) is 0.125. The molecular formula is C8H6BrN3OS. The Kier molecular flexibility index (Phi) is 2.56. The molecule has 2 rings (SSSR count). The Morgan fingerprint density at radius 3 is 3.00 bits per heavy atom. The van der Waals surface area contributed by atoms with Crippen molar-refractivity contribution in [2.24, 2.45) is 0 Å². The third-order valence-corrected chi connectivity index (χ3v) is 2.91. The third kappa shape index (κ3) is 1.55. The van der Waals surface area contributed by atoms with Crippen LogP contribution in [0.5, 0.6) is 0 Å². The largest absolute Gasteiger partial charge is 0.301 e. The van der Waals surface area contributed by atoms with Crippen LogP contribution in [0, 0.1) is 0 Å². The maximum Gasteiger partial charge on any atom is 0.261 e. The van der Waals surface area contributed by atoms with Crippen LogP contribution in [0.3, 0.4) is 0 Å². The molecule has 14 heavy (non-hydrogen) atoms. The fourth-order valence-electron chi connectivity index (χ4n) is 1.10. The molecule has 0 aliphatic rings. The highest BCUT2D eigenvalue weighted by atomic mass is 79.9. The molecular weight excluding hydrogens is 266 g/mol. The summed E-state index contributed by atoms with van der Waals surface area (Å²) in [6.07, 6.45) is 4.99. The molecule has 0 aliphatic carbocycles. The number of thioether (sulfide) groups is 1. The average Bonchev–Trinajstić information content (AvgIpc) is 2.19. The molecule has 1 N–H and O–H groups in total. The van der Waals surface area contributed by atoms with Crippen molar-refractivity contribution in [1.82, 2.24) is 15.0 Å². The zero-order valence-electron chi connectivity index (χ0n) is 7.24. The average molecular weight is 272 g/mol. The highest BCUT2D eigenvalue weighted by molar-refractivity contribution is 9.10. The minimum absolute atomic E-state index is 0.159. The van der Waals surface area contributed by atoms with Crippen LogP contribution >= 0.6 is 27.7 Å². The minimum Gasteiger partial charge on any atom is -0.301 e. The molecule has 72 valence electrons. The summed E-state index contributed by atoms with van der Waals surface area (Å²) in [5, 5.41) is 1.10. The van der Waals surface area contributed by atoms with E-state index in [1.165, 1.54) is 18.0 Å². The van der Waals surface area contributed by atoms with Gasteiger partial charge in [-0.25, -0.2) is 4.98 Å². The van der Waals surface area contributed by atoms with Gasteiger partial charge in [-0.05, 0) is 22.2 Å². The Morgan fingerprint density at radius 1 is 1.50 bits per heavy atom. The Hall–Kier alpha value is -0.880. The van der Waals surface area contributed by atoms with Gasteiger partial charge in [0.15, 0.2) is 5.16 Å². The van der Waals surface area contributed by atoms with Crippen LogP contribution < -0.4 is 5.56 Å².